The molecule has 1 fully saturated rings. The summed E-state index contributed by atoms with van der Waals surface area (Å²) < 4.78 is 0. The van der Waals surface area contributed by atoms with Crippen molar-refractivity contribution in [2.24, 2.45) is 5.92 Å². The van der Waals surface area contributed by atoms with Crippen LogP contribution in [0.3, 0.4) is 0 Å². The number of aliphatic hydroxyl groups excluding tert-OH is 1. The summed E-state index contributed by atoms with van der Waals surface area (Å²) in [5.74, 6) is 1.26. The van der Waals surface area contributed by atoms with Crippen molar-refractivity contribution >= 4 is 17.4 Å². The van der Waals surface area contributed by atoms with Gasteiger partial charge in [-0.05, 0) is 18.8 Å². The van der Waals surface area contributed by atoms with Gasteiger partial charge in [0, 0.05) is 0 Å². The molecule has 1 aromatic heterocycles. The van der Waals surface area contributed by atoms with E-state index in [4.69, 9.17) is 11.6 Å². The summed E-state index contributed by atoms with van der Waals surface area (Å²) >= 11 is 5.80. The van der Waals surface area contributed by atoms with E-state index in [0.717, 1.165) is 19.3 Å². The van der Waals surface area contributed by atoms with Gasteiger partial charge in [-0.1, -0.05) is 31.4 Å². The number of halogens is 1. The van der Waals surface area contributed by atoms with Crippen LogP contribution in [0.15, 0.2) is 12.4 Å². The topological polar surface area (TPSA) is 58.0 Å². The Balaban J connectivity index is 2.13. The molecule has 0 bridgehead atoms. The number of hydrogen-bond donors (Lipinski definition) is 2. The van der Waals surface area contributed by atoms with Crippen LogP contribution in [0.4, 0.5) is 5.82 Å². The normalized spacial score (nSPS) is 29.0. The maximum Gasteiger partial charge on any atom is 0.149 e. The molecule has 17 heavy (non-hydrogen) atoms. The van der Waals surface area contributed by atoms with Crippen LogP contribution >= 0.6 is 11.6 Å². The van der Waals surface area contributed by atoms with Gasteiger partial charge in [0.05, 0.1) is 24.5 Å². The molecule has 5 heteroatoms. The number of rotatable bonds is 3. The third-order valence-corrected chi connectivity index (χ3v) is 3.57. The van der Waals surface area contributed by atoms with Crippen LogP contribution in [-0.4, -0.2) is 27.2 Å². The van der Waals surface area contributed by atoms with Gasteiger partial charge < -0.3 is 10.4 Å². The van der Waals surface area contributed by atoms with Crippen molar-refractivity contribution in [3.63, 3.8) is 0 Å². The number of nitrogens with one attached hydrogen (secondary N) is 1. The molecule has 2 atom stereocenters. The monoisotopic (exact) mass is 255 g/mol. The molecule has 1 aliphatic rings. The molecule has 0 saturated heterocycles. The fourth-order valence-corrected chi connectivity index (χ4v) is 2.78. The van der Waals surface area contributed by atoms with Gasteiger partial charge in [0.25, 0.3) is 0 Å². The first-order valence-corrected chi connectivity index (χ1v) is 6.38. The van der Waals surface area contributed by atoms with Crippen molar-refractivity contribution in [1.82, 2.24) is 9.97 Å². The smallest absolute Gasteiger partial charge is 0.149 e. The van der Waals surface area contributed by atoms with Crippen LogP contribution < -0.4 is 5.32 Å². The van der Waals surface area contributed by atoms with Gasteiger partial charge in [0.1, 0.15) is 11.0 Å². The van der Waals surface area contributed by atoms with Crippen molar-refractivity contribution in [1.29, 1.82) is 0 Å². The Bertz CT molecular complexity index is 388. The molecule has 0 aliphatic heterocycles. The number of hydrogen-bond acceptors (Lipinski definition) is 4. The van der Waals surface area contributed by atoms with E-state index in [1.54, 1.807) is 6.20 Å². The van der Waals surface area contributed by atoms with E-state index in [-0.39, 0.29) is 12.1 Å². The molecule has 2 N–H and O–H groups in total. The van der Waals surface area contributed by atoms with Crippen molar-refractivity contribution in [3.8, 4) is 0 Å². The molecule has 94 valence electrons. The minimum Gasteiger partial charge on any atom is -0.394 e. The van der Waals surface area contributed by atoms with E-state index in [2.05, 4.69) is 22.2 Å². The molecular weight excluding hydrogens is 238 g/mol. The molecule has 2 rings (SSSR count). The molecule has 2 unspecified atom stereocenters. The highest BCUT2D eigenvalue weighted by molar-refractivity contribution is 6.29. The molecule has 0 radical (unpaired) electrons. The Morgan fingerprint density at radius 2 is 2.41 bits per heavy atom. The molecule has 0 spiro atoms. The Kier molecular flexibility index (Phi) is 3.84. The molecular formula is C12H18ClN3O. The number of nitrogens with zero attached hydrogens (tertiary/aromatic N) is 2. The van der Waals surface area contributed by atoms with Gasteiger partial charge in [0.15, 0.2) is 0 Å². The molecule has 0 aromatic carbocycles. The van der Waals surface area contributed by atoms with Crippen LogP contribution in [0.25, 0.3) is 0 Å². The van der Waals surface area contributed by atoms with E-state index in [1.807, 2.05) is 0 Å². The van der Waals surface area contributed by atoms with Gasteiger partial charge in [0.2, 0.25) is 0 Å². The van der Waals surface area contributed by atoms with E-state index < -0.39 is 0 Å². The average molecular weight is 256 g/mol. The lowest BCUT2D eigenvalue weighted by atomic mass is 9.77. The summed E-state index contributed by atoms with van der Waals surface area (Å²) in [4.78, 5) is 8.16. The average Bonchev–Trinajstić information content (AvgIpc) is 2.29. The SMILES string of the molecule is CC1CCCC(CO)(Nc2cncc(Cl)n2)C1. The fraction of sp³-hybridized carbons (Fsp3) is 0.667. The summed E-state index contributed by atoms with van der Waals surface area (Å²) in [5.41, 5.74) is -0.267. The molecule has 1 saturated carbocycles. The largest absolute Gasteiger partial charge is 0.394 e. The van der Waals surface area contributed by atoms with Crippen LogP contribution in [0.2, 0.25) is 5.15 Å². The first-order chi connectivity index (χ1) is 8.13. The highest BCUT2D eigenvalue weighted by Gasteiger charge is 2.34. The van der Waals surface area contributed by atoms with E-state index >= 15 is 0 Å². The van der Waals surface area contributed by atoms with E-state index in [0.29, 0.717) is 16.9 Å². The quantitative estimate of drug-likeness (QED) is 0.871. The van der Waals surface area contributed by atoms with Gasteiger partial charge in [-0.15, -0.1) is 0 Å². The van der Waals surface area contributed by atoms with E-state index in [9.17, 15) is 5.11 Å². The summed E-state index contributed by atoms with van der Waals surface area (Å²) in [6.07, 6.45) is 7.41. The third kappa shape index (κ3) is 3.07. The lowest BCUT2D eigenvalue weighted by Gasteiger charge is -2.39. The zero-order chi connectivity index (χ0) is 12.3. The first kappa shape index (κ1) is 12.6. The predicted octanol–water partition coefficient (Wildman–Crippen LogP) is 2.48. The van der Waals surface area contributed by atoms with E-state index in [1.165, 1.54) is 12.6 Å². The Hall–Kier alpha value is -0.870. The van der Waals surface area contributed by atoms with Gasteiger partial charge >= 0.3 is 0 Å². The summed E-state index contributed by atoms with van der Waals surface area (Å²) in [7, 11) is 0. The predicted molar refractivity (Wildman–Crippen MR) is 68.1 cm³/mol. The van der Waals surface area contributed by atoms with Crippen LogP contribution in [0, 0.1) is 5.92 Å². The maximum absolute atomic E-state index is 9.65. The second-order valence-corrected chi connectivity index (χ2v) is 5.38. The minimum atomic E-state index is -0.267. The zero-order valence-corrected chi connectivity index (χ0v) is 10.7. The third-order valence-electron chi connectivity index (χ3n) is 3.39. The molecule has 4 nitrogen and oxygen atoms in total. The van der Waals surface area contributed by atoms with Crippen LogP contribution in [0.1, 0.15) is 32.6 Å². The molecule has 1 aromatic rings. The summed E-state index contributed by atoms with van der Waals surface area (Å²) in [6, 6.07) is 0. The number of anilines is 1. The minimum absolute atomic E-state index is 0.117. The van der Waals surface area contributed by atoms with Gasteiger partial charge in [-0.3, -0.25) is 4.98 Å². The van der Waals surface area contributed by atoms with Gasteiger partial charge in [-0.25, -0.2) is 4.98 Å². The van der Waals surface area contributed by atoms with Crippen LogP contribution in [0.5, 0.6) is 0 Å². The second-order valence-electron chi connectivity index (χ2n) is 4.99. The maximum atomic E-state index is 9.65. The van der Waals surface area contributed by atoms with Crippen LogP contribution in [-0.2, 0) is 0 Å². The Morgan fingerprint density at radius 1 is 1.59 bits per heavy atom. The number of aromatic nitrogens is 2. The lowest BCUT2D eigenvalue weighted by Crippen LogP contribution is -2.46. The molecule has 0 amide bonds. The first-order valence-electron chi connectivity index (χ1n) is 6.00. The van der Waals surface area contributed by atoms with Crippen molar-refractivity contribution in [2.75, 3.05) is 11.9 Å². The summed E-state index contributed by atoms with van der Waals surface area (Å²) in [6.45, 7) is 2.33. The highest BCUT2D eigenvalue weighted by Crippen LogP contribution is 2.34. The summed E-state index contributed by atoms with van der Waals surface area (Å²) in [5, 5.41) is 13.3. The number of aliphatic hydroxyl groups is 1. The Labute approximate surface area is 106 Å². The van der Waals surface area contributed by atoms with Crippen molar-refractivity contribution in [2.45, 2.75) is 38.1 Å². The molecule has 1 heterocycles. The van der Waals surface area contributed by atoms with Crippen molar-refractivity contribution in [3.05, 3.63) is 17.5 Å². The zero-order valence-electron chi connectivity index (χ0n) is 9.99. The van der Waals surface area contributed by atoms with Crippen molar-refractivity contribution < 1.29 is 5.11 Å². The fourth-order valence-electron chi connectivity index (χ4n) is 2.63. The standard InChI is InChI=1S/C12H18ClN3O/c1-9-3-2-4-12(5-9,8-17)16-11-7-14-6-10(13)15-11/h6-7,9,17H,2-5,8H2,1H3,(H,15,16). The Morgan fingerprint density at radius 3 is 3.06 bits per heavy atom. The molecule has 1 aliphatic carbocycles. The van der Waals surface area contributed by atoms with Gasteiger partial charge in [-0.2, -0.15) is 0 Å². The lowest BCUT2D eigenvalue weighted by molar-refractivity contribution is 0.149. The second kappa shape index (κ2) is 5.19. The highest BCUT2D eigenvalue weighted by atomic mass is 35.5.